The first-order valence-electron chi connectivity index (χ1n) is 7.37. The SMILES string of the molecule is CCC1CCC(CNC)C(CCS(=O)(=O)CC)C1. The second-order valence-electron chi connectivity index (χ2n) is 5.69. The van der Waals surface area contributed by atoms with Crippen LogP contribution in [0, 0.1) is 17.8 Å². The van der Waals surface area contributed by atoms with Gasteiger partial charge in [0, 0.05) is 5.75 Å². The number of sulfone groups is 1. The molecule has 1 saturated carbocycles. The number of hydrogen-bond donors (Lipinski definition) is 1. The fraction of sp³-hybridized carbons (Fsp3) is 1.00. The van der Waals surface area contributed by atoms with Crippen molar-refractivity contribution in [1.29, 1.82) is 0 Å². The number of rotatable bonds is 7. The molecule has 0 aromatic rings. The molecule has 1 aliphatic carbocycles. The second-order valence-corrected chi connectivity index (χ2v) is 8.16. The Kier molecular flexibility index (Phi) is 6.64. The molecule has 0 saturated heterocycles. The van der Waals surface area contributed by atoms with E-state index in [1.54, 1.807) is 6.92 Å². The van der Waals surface area contributed by atoms with Gasteiger partial charge in [-0.1, -0.05) is 26.7 Å². The lowest BCUT2D eigenvalue weighted by molar-refractivity contribution is 0.170. The van der Waals surface area contributed by atoms with Crippen molar-refractivity contribution in [2.75, 3.05) is 25.1 Å². The molecule has 18 heavy (non-hydrogen) atoms. The molecule has 0 aromatic heterocycles. The molecule has 0 amide bonds. The number of hydrogen-bond acceptors (Lipinski definition) is 3. The molecule has 4 heteroatoms. The molecule has 3 unspecified atom stereocenters. The Bertz CT molecular complexity index is 327. The van der Waals surface area contributed by atoms with Crippen LogP contribution in [0.4, 0.5) is 0 Å². The standard InChI is InChI=1S/C14H29NO2S/c1-4-12-6-7-14(11-15-3)13(10-12)8-9-18(16,17)5-2/h12-15H,4-11H2,1-3H3. The minimum absolute atomic E-state index is 0.285. The summed E-state index contributed by atoms with van der Waals surface area (Å²) in [4.78, 5) is 0. The number of nitrogens with one attached hydrogen (secondary N) is 1. The molecule has 0 heterocycles. The van der Waals surface area contributed by atoms with E-state index in [1.165, 1.54) is 25.7 Å². The van der Waals surface area contributed by atoms with Crippen molar-refractivity contribution < 1.29 is 8.42 Å². The zero-order valence-corrected chi connectivity index (χ0v) is 12.9. The summed E-state index contributed by atoms with van der Waals surface area (Å²) in [5.74, 6) is 2.74. The lowest BCUT2D eigenvalue weighted by atomic mass is 9.72. The van der Waals surface area contributed by atoms with Crippen LogP contribution in [-0.4, -0.2) is 33.5 Å². The van der Waals surface area contributed by atoms with Crippen LogP contribution in [-0.2, 0) is 9.84 Å². The lowest BCUT2D eigenvalue weighted by Crippen LogP contribution is -2.33. The Morgan fingerprint density at radius 3 is 2.44 bits per heavy atom. The maximum absolute atomic E-state index is 11.6. The molecule has 0 radical (unpaired) electrons. The molecule has 0 bridgehead atoms. The van der Waals surface area contributed by atoms with Crippen molar-refractivity contribution in [1.82, 2.24) is 5.32 Å². The van der Waals surface area contributed by atoms with Gasteiger partial charge in [0.15, 0.2) is 0 Å². The van der Waals surface area contributed by atoms with Gasteiger partial charge in [-0.2, -0.15) is 0 Å². The molecule has 1 rings (SSSR count). The minimum Gasteiger partial charge on any atom is -0.319 e. The van der Waals surface area contributed by atoms with Gasteiger partial charge in [-0.05, 0) is 50.6 Å². The average molecular weight is 275 g/mol. The van der Waals surface area contributed by atoms with Crippen molar-refractivity contribution in [3.8, 4) is 0 Å². The molecular weight excluding hydrogens is 246 g/mol. The molecule has 1 aliphatic rings. The summed E-state index contributed by atoms with van der Waals surface area (Å²) in [6.45, 7) is 5.03. The highest BCUT2D eigenvalue weighted by Crippen LogP contribution is 2.37. The van der Waals surface area contributed by atoms with Crippen LogP contribution < -0.4 is 5.32 Å². The Morgan fingerprint density at radius 1 is 1.17 bits per heavy atom. The van der Waals surface area contributed by atoms with E-state index in [1.807, 2.05) is 7.05 Å². The summed E-state index contributed by atoms with van der Waals surface area (Å²) in [7, 11) is -0.810. The van der Waals surface area contributed by atoms with Crippen molar-refractivity contribution in [3.05, 3.63) is 0 Å². The third-order valence-corrected chi connectivity index (χ3v) is 6.27. The molecule has 1 fully saturated rings. The van der Waals surface area contributed by atoms with Crippen molar-refractivity contribution in [2.45, 2.75) is 46.0 Å². The maximum atomic E-state index is 11.6. The van der Waals surface area contributed by atoms with Gasteiger partial charge in [0.25, 0.3) is 0 Å². The van der Waals surface area contributed by atoms with E-state index in [9.17, 15) is 8.42 Å². The van der Waals surface area contributed by atoms with E-state index in [0.29, 0.717) is 17.6 Å². The monoisotopic (exact) mass is 275 g/mol. The largest absolute Gasteiger partial charge is 0.319 e. The van der Waals surface area contributed by atoms with E-state index in [4.69, 9.17) is 0 Å². The average Bonchev–Trinajstić information content (AvgIpc) is 2.38. The highest BCUT2D eigenvalue weighted by atomic mass is 32.2. The molecule has 0 aromatic carbocycles. The highest BCUT2D eigenvalue weighted by Gasteiger charge is 2.29. The molecule has 0 spiro atoms. The predicted molar refractivity (Wildman–Crippen MR) is 77.5 cm³/mol. The van der Waals surface area contributed by atoms with Gasteiger partial charge >= 0.3 is 0 Å². The first kappa shape index (κ1) is 16.0. The first-order chi connectivity index (χ1) is 8.52. The van der Waals surface area contributed by atoms with Gasteiger partial charge < -0.3 is 5.32 Å². The van der Waals surface area contributed by atoms with Crippen LogP contribution in [0.5, 0.6) is 0 Å². The highest BCUT2D eigenvalue weighted by molar-refractivity contribution is 7.91. The van der Waals surface area contributed by atoms with E-state index in [-0.39, 0.29) is 5.75 Å². The van der Waals surface area contributed by atoms with Crippen molar-refractivity contribution in [2.24, 2.45) is 17.8 Å². The Morgan fingerprint density at radius 2 is 1.89 bits per heavy atom. The summed E-state index contributed by atoms with van der Waals surface area (Å²) in [5, 5.41) is 3.26. The smallest absolute Gasteiger partial charge is 0.150 e. The Balaban J connectivity index is 2.55. The third kappa shape index (κ3) is 4.88. The Hall–Kier alpha value is -0.0900. The zero-order chi connectivity index (χ0) is 13.6. The van der Waals surface area contributed by atoms with E-state index in [2.05, 4.69) is 12.2 Å². The minimum atomic E-state index is -2.80. The second kappa shape index (κ2) is 7.49. The summed E-state index contributed by atoms with van der Waals surface area (Å²) in [6.07, 6.45) is 5.90. The summed E-state index contributed by atoms with van der Waals surface area (Å²) < 4.78 is 23.3. The molecule has 3 nitrogen and oxygen atoms in total. The van der Waals surface area contributed by atoms with Crippen LogP contribution in [0.25, 0.3) is 0 Å². The van der Waals surface area contributed by atoms with Gasteiger partial charge in [0.2, 0.25) is 0 Å². The van der Waals surface area contributed by atoms with Crippen LogP contribution in [0.15, 0.2) is 0 Å². The lowest BCUT2D eigenvalue weighted by Gasteiger charge is -2.36. The zero-order valence-electron chi connectivity index (χ0n) is 12.1. The van der Waals surface area contributed by atoms with E-state index in [0.717, 1.165) is 18.9 Å². The van der Waals surface area contributed by atoms with Crippen molar-refractivity contribution in [3.63, 3.8) is 0 Å². The van der Waals surface area contributed by atoms with Gasteiger partial charge in [-0.15, -0.1) is 0 Å². The molecular formula is C14H29NO2S. The van der Waals surface area contributed by atoms with Gasteiger partial charge in [0.1, 0.15) is 9.84 Å². The first-order valence-corrected chi connectivity index (χ1v) is 9.19. The van der Waals surface area contributed by atoms with Crippen LogP contribution in [0.1, 0.15) is 46.0 Å². The molecule has 0 aliphatic heterocycles. The predicted octanol–water partition coefficient (Wildman–Crippen LogP) is 2.47. The van der Waals surface area contributed by atoms with Crippen molar-refractivity contribution >= 4 is 9.84 Å². The Labute approximate surface area is 113 Å². The maximum Gasteiger partial charge on any atom is 0.150 e. The fourth-order valence-corrected chi connectivity index (χ4v) is 4.11. The summed E-state index contributed by atoms with van der Waals surface area (Å²) >= 11 is 0. The molecule has 108 valence electrons. The van der Waals surface area contributed by atoms with E-state index < -0.39 is 9.84 Å². The fourth-order valence-electron chi connectivity index (χ4n) is 3.15. The third-order valence-electron chi connectivity index (χ3n) is 4.53. The molecule has 3 atom stereocenters. The van der Waals surface area contributed by atoms with Gasteiger partial charge in [-0.3, -0.25) is 0 Å². The quantitative estimate of drug-likeness (QED) is 0.776. The topological polar surface area (TPSA) is 46.2 Å². The normalized spacial score (nSPS) is 29.4. The van der Waals surface area contributed by atoms with Gasteiger partial charge in [0.05, 0.1) is 5.75 Å². The van der Waals surface area contributed by atoms with Crippen LogP contribution in [0.3, 0.4) is 0 Å². The molecule has 1 N–H and O–H groups in total. The summed E-state index contributed by atoms with van der Waals surface area (Å²) in [5.41, 5.74) is 0. The van der Waals surface area contributed by atoms with E-state index >= 15 is 0 Å². The van der Waals surface area contributed by atoms with Gasteiger partial charge in [-0.25, -0.2) is 8.42 Å². The summed E-state index contributed by atoms with van der Waals surface area (Å²) in [6, 6.07) is 0. The van der Waals surface area contributed by atoms with Crippen LogP contribution >= 0.6 is 0 Å². The van der Waals surface area contributed by atoms with Crippen LogP contribution in [0.2, 0.25) is 0 Å².